The standard InChI is InChI=1S/C10H13N3O4/c11-7-2-4-13(9(16)12-7)8-1-3-10(5-14,6-15)17-8/h2,4-5,8,15H,1,3,6H2,(H2,11,12,16)/t8-,10+/m1/s1. The molecule has 7 heteroatoms. The first-order valence-corrected chi connectivity index (χ1v) is 5.20. The number of nitrogens with zero attached hydrogens (tertiary/aromatic N) is 2. The van der Waals surface area contributed by atoms with Crippen molar-refractivity contribution in [2.45, 2.75) is 24.7 Å². The van der Waals surface area contributed by atoms with Crippen LogP contribution in [0.1, 0.15) is 19.1 Å². The highest BCUT2D eigenvalue weighted by atomic mass is 16.5. The van der Waals surface area contributed by atoms with E-state index in [4.69, 9.17) is 15.6 Å². The molecule has 0 amide bonds. The number of nitrogens with two attached hydrogens (primary N) is 1. The molecule has 92 valence electrons. The molecule has 0 bridgehead atoms. The van der Waals surface area contributed by atoms with Gasteiger partial charge in [0.05, 0.1) is 6.61 Å². The molecular weight excluding hydrogens is 226 g/mol. The molecule has 0 saturated carbocycles. The van der Waals surface area contributed by atoms with Gasteiger partial charge in [0.25, 0.3) is 0 Å². The highest BCUT2D eigenvalue weighted by Gasteiger charge is 2.40. The molecule has 1 fully saturated rings. The Hall–Kier alpha value is -1.73. The summed E-state index contributed by atoms with van der Waals surface area (Å²) in [5.41, 5.74) is 3.63. The Morgan fingerprint density at radius 2 is 2.53 bits per heavy atom. The van der Waals surface area contributed by atoms with Gasteiger partial charge in [-0.3, -0.25) is 4.57 Å². The minimum Gasteiger partial charge on any atom is -0.393 e. The van der Waals surface area contributed by atoms with Gasteiger partial charge in [-0.15, -0.1) is 0 Å². The van der Waals surface area contributed by atoms with E-state index in [9.17, 15) is 9.59 Å². The van der Waals surface area contributed by atoms with Crippen molar-refractivity contribution in [3.8, 4) is 0 Å². The quantitative estimate of drug-likeness (QED) is 0.659. The number of ether oxygens (including phenoxy) is 1. The molecule has 1 saturated heterocycles. The van der Waals surface area contributed by atoms with Crippen molar-refractivity contribution in [2.75, 3.05) is 12.3 Å². The SMILES string of the molecule is Nc1ccn([C@H]2CC[C@](C=O)(CO)O2)c(=O)n1. The van der Waals surface area contributed by atoms with Crippen molar-refractivity contribution >= 4 is 12.1 Å². The molecular formula is C10H13N3O4. The van der Waals surface area contributed by atoms with Crippen molar-refractivity contribution < 1.29 is 14.6 Å². The largest absolute Gasteiger partial charge is 0.393 e. The predicted molar refractivity (Wildman–Crippen MR) is 58.1 cm³/mol. The number of aromatic nitrogens is 2. The minimum absolute atomic E-state index is 0.132. The number of aliphatic hydroxyl groups excluding tert-OH is 1. The average Bonchev–Trinajstić information content (AvgIpc) is 2.74. The third-order valence-corrected chi connectivity index (χ3v) is 2.83. The molecule has 3 N–H and O–H groups in total. The summed E-state index contributed by atoms with van der Waals surface area (Å²) >= 11 is 0. The molecule has 2 atom stereocenters. The maximum absolute atomic E-state index is 11.6. The van der Waals surface area contributed by atoms with Crippen LogP contribution in [-0.2, 0) is 9.53 Å². The minimum atomic E-state index is -1.20. The first-order chi connectivity index (χ1) is 8.10. The van der Waals surface area contributed by atoms with E-state index in [2.05, 4.69) is 4.98 Å². The molecule has 0 unspecified atom stereocenters. The second kappa shape index (κ2) is 4.27. The molecule has 2 rings (SSSR count). The Morgan fingerprint density at radius 3 is 3.06 bits per heavy atom. The highest BCUT2D eigenvalue weighted by Crippen LogP contribution is 2.33. The average molecular weight is 239 g/mol. The van der Waals surface area contributed by atoms with Crippen molar-refractivity contribution in [3.05, 3.63) is 22.7 Å². The lowest BCUT2D eigenvalue weighted by Crippen LogP contribution is -2.36. The van der Waals surface area contributed by atoms with E-state index in [1.165, 1.54) is 16.8 Å². The zero-order chi connectivity index (χ0) is 12.5. The van der Waals surface area contributed by atoms with E-state index in [1.54, 1.807) is 0 Å². The highest BCUT2D eigenvalue weighted by molar-refractivity contribution is 5.63. The van der Waals surface area contributed by atoms with Crippen LogP contribution in [0.3, 0.4) is 0 Å². The van der Waals surface area contributed by atoms with Gasteiger partial charge in [0.1, 0.15) is 17.6 Å². The number of aldehydes is 1. The first kappa shape index (κ1) is 11.7. The van der Waals surface area contributed by atoms with Gasteiger partial charge in [-0.2, -0.15) is 4.98 Å². The van der Waals surface area contributed by atoms with Gasteiger partial charge < -0.3 is 20.4 Å². The number of nitrogen functional groups attached to an aromatic ring is 1. The molecule has 1 aromatic heterocycles. The van der Waals surface area contributed by atoms with Crippen LogP contribution in [-0.4, -0.2) is 33.2 Å². The Labute approximate surface area is 96.8 Å². The van der Waals surface area contributed by atoms with Crippen LogP contribution in [0.15, 0.2) is 17.1 Å². The summed E-state index contributed by atoms with van der Waals surface area (Å²) in [6, 6.07) is 1.48. The van der Waals surface area contributed by atoms with Crippen molar-refractivity contribution in [1.29, 1.82) is 0 Å². The summed E-state index contributed by atoms with van der Waals surface area (Å²) < 4.78 is 6.68. The monoisotopic (exact) mass is 239 g/mol. The van der Waals surface area contributed by atoms with Gasteiger partial charge in [0.2, 0.25) is 0 Å². The Morgan fingerprint density at radius 1 is 1.76 bits per heavy atom. The topological polar surface area (TPSA) is 107 Å². The fourth-order valence-corrected chi connectivity index (χ4v) is 1.84. The number of hydrogen-bond acceptors (Lipinski definition) is 6. The van der Waals surface area contributed by atoms with Crippen LogP contribution in [0, 0.1) is 0 Å². The maximum atomic E-state index is 11.6. The molecule has 17 heavy (non-hydrogen) atoms. The summed E-state index contributed by atoms with van der Waals surface area (Å²) in [6.07, 6.45) is 2.28. The smallest absolute Gasteiger partial charge is 0.351 e. The second-order valence-electron chi connectivity index (χ2n) is 3.99. The number of carbonyl (C=O) groups excluding carboxylic acids is 1. The van der Waals surface area contributed by atoms with E-state index in [0.29, 0.717) is 19.1 Å². The fraction of sp³-hybridized carbons (Fsp3) is 0.500. The number of aliphatic hydroxyl groups is 1. The number of rotatable bonds is 3. The van der Waals surface area contributed by atoms with Crippen LogP contribution in [0.2, 0.25) is 0 Å². The molecule has 1 aliphatic heterocycles. The summed E-state index contributed by atoms with van der Waals surface area (Å²) in [5.74, 6) is 0.132. The molecule has 0 radical (unpaired) electrons. The Balaban J connectivity index is 2.26. The number of hydrogen-bond donors (Lipinski definition) is 2. The molecule has 2 heterocycles. The van der Waals surface area contributed by atoms with Crippen LogP contribution >= 0.6 is 0 Å². The zero-order valence-corrected chi connectivity index (χ0v) is 9.07. The summed E-state index contributed by atoms with van der Waals surface area (Å²) in [5, 5.41) is 9.12. The summed E-state index contributed by atoms with van der Waals surface area (Å²) in [4.78, 5) is 26.0. The lowest BCUT2D eigenvalue weighted by Gasteiger charge is -2.21. The third-order valence-electron chi connectivity index (χ3n) is 2.83. The third kappa shape index (κ3) is 2.06. The first-order valence-electron chi connectivity index (χ1n) is 5.20. The van der Waals surface area contributed by atoms with Gasteiger partial charge in [0.15, 0.2) is 6.29 Å². The van der Waals surface area contributed by atoms with Crippen LogP contribution in [0.25, 0.3) is 0 Å². The van der Waals surface area contributed by atoms with Crippen LogP contribution in [0.5, 0.6) is 0 Å². The van der Waals surface area contributed by atoms with E-state index in [0.717, 1.165) is 0 Å². The Kier molecular flexibility index (Phi) is 2.95. The van der Waals surface area contributed by atoms with E-state index in [1.807, 2.05) is 0 Å². The van der Waals surface area contributed by atoms with Crippen LogP contribution in [0.4, 0.5) is 5.82 Å². The lowest BCUT2D eigenvalue weighted by atomic mass is 10.0. The van der Waals surface area contributed by atoms with E-state index >= 15 is 0 Å². The summed E-state index contributed by atoms with van der Waals surface area (Å²) in [6.45, 7) is -0.399. The molecule has 1 aromatic rings. The van der Waals surface area contributed by atoms with Gasteiger partial charge in [-0.25, -0.2) is 4.79 Å². The van der Waals surface area contributed by atoms with Gasteiger partial charge in [-0.05, 0) is 18.9 Å². The normalized spacial score (nSPS) is 28.2. The molecule has 0 spiro atoms. The molecule has 0 aromatic carbocycles. The zero-order valence-electron chi connectivity index (χ0n) is 9.07. The molecule has 1 aliphatic rings. The van der Waals surface area contributed by atoms with Crippen molar-refractivity contribution in [2.24, 2.45) is 0 Å². The van der Waals surface area contributed by atoms with E-state index in [-0.39, 0.29) is 5.82 Å². The predicted octanol–water partition coefficient (Wildman–Crippen LogP) is -0.936. The molecule has 7 nitrogen and oxygen atoms in total. The number of carbonyl (C=O) groups is 1. The molecule has 0 aliphatic carbocycles. The number of anilines is 1. The van der Waals surface area contributed by atoms with Crippen LogP contribution < -0.4 is 11.4 Å². The summed E-state index contributed by atoms with van der Waals surface area (Å²) in [7, 11) is 0. The van der Waals surface area contributed by atoms with Gasteiger partial charge in [0, 0.05) is 6.20 Å². The second-order valence-corrected chi connectivity index (χ2v) is 3.99. The lowest BCUT2D eigenvalue weighted by molar-refractivity contribution is -0.140. The fourth-order valence-electron chi connectivity index (χ4n) is 1.84. The van der Waals surface area contributed by atoms with Crippen molar-refractivity contribution in [3.63, 3.8) is 0 Å². The van der Waals surface area contributed by atoms with Crippen molar-refractivity contribution in [1.82, 2.24) is 9.55 Å². The Bertz CT molecular complexity index is 487. The maximum Gasteiger partial charge on any atom is 0.351 e. The van der Waals surface area contributed by atoms with Gasteiger partial charge in [-0.1, -0.05) is 0 Å². The van der Waals surface area contributed by atoms with E-state index < -0.39 is 24.1 Å². The van der Waals surface area contributed by atoms with Gasteiger partial charge >= 0.3 is 5.69 Å².